The van der Waals surface area contributed by atoms with Crippen LogP contribution in [-0.4, -0.2) is 74.3 Å². The third-order valence-electron chi connectivity index (χ3n) is 6.18. The topological polar surface area (TPSA) is 70.2 Å². The molecular formula is C24H30ClN3O4S. The van der Waals surface area contributed by atoms with Gasteiger partial charge in [-0.1, -0.05) is 48.4 Å². The predicted octanol–water partition coefficient (Wildman–Crippen LogP) is 3.24. The number of sulfonamides is 1. The van der Waals surface area contributed by atoms with Crippen LogP contribution in [0.15, 0.2) is 53.4 Å². The third-order valence-corrected chi connectivity index (χ3v) is 8.37. The molecule has 178 valence electrons. The number of carbonyl (C=O) groups excluding carboxylic acids is 1. The highest BCUT2D eigenvalue weighted by molar-refractivity contribution is 7.89. The van der Waals surface area contributed by atoms with Crippen molar-refractivity contribution >= 4 is 27.5 Å². The molecule has 33 heavy (non-hydrogen) atoms. The zero-order valence-corrected chi connectivity index (χ0v) is 20.2. The van der Waals surface area contributed by atoms with E-state index in [-0.39, 0.29) is 22.4 Å². The standard InChI is InChI=1S/C24H30ClN3O4S/c25-22-17-21(33(30,31)28-11-5-2-6-12-28)9-10-23(22)32-19-24(29)27-15-13-26(14-16-27)18-20-7-3-1-4-8-20/h1,3-4,7-10,17H,2,5-6,11-16,18-19H2. The zero-order chi connectivity index (χ0) is 23.3. The summed E-state index contributed by atoms with van der Waals surface area (Å²) in [6.07, 6.45) is 2.79. The molecular weight excluding hydrogens is 462 g/mol. The van der Waals surface area contributed by atoms with Crippen molar-refractivity contribution < 1.29 is 17.9 Å². The Balaban J connectivity index is 1.28. The van der Waals surface area contributed by atoms with Gasteiger partial charge >= 0.3 is 0 Å². The molecule has 0 aliphatic carbocycles. The molecule has 1 amide bonds. The Bertz CT molecular complexity index is 1050. The normalized spacial score (nSPS) is 18.3. The first-order valence-electron chi connectivity index (χ1n) is 11.4. The lowest BCUT2D eigenvalue weighted by Crippen LogP contribution is -2.49. The lowest BCUT2D eigenvalue weighted by atomic mass is 10.2. The van der Waals surface area contributed by atoms with Gasteiger partial charge in [0, 0.05) is 45.8 Å². The molecule has 0 N–H and O–H groups in total. The highest BCUT2D eigenvalue weighted by atomic mass is 35.5. The fourth-order valence-electron chi connectivity index (χ4n) is 4.24. The number of halogens is 1. The van der Waals surface area contributed by atoms with E-state index in [4.69, 9.17) is 16.3 Å². The Morgan fingerprint density at radius 2 is 1.61 bits per heavy atom. The molecule has 0 unspecified atom stereocenters. The van der Waals surface area contributed by atoms with E-state index < -0.39 is 10.0 Å². The minimum Gasteiger partial charge on any atom is -0.482 e. The summed E-state index contributed by atoms with van der Waals surface area (Å²) in [7, 11) is -3.56. The van der Waals surface area contributed by atoms with Gasteiger partial charge in [0.1, 0.15) is 5.75 Å². The zero-order valence-electron chi connectivity index (χ0n) is 18.7. The van der Waals surface area contributed by atoms with Crippen LogP contribution in [0, 0.1) is 0 Å². The highest BCUT2D eigenvalue weighted by Gasteiger charge is 2.27. The summed E-state index contributed by atoms with van der Waals surface area (Å²) >= 11 is 6.30. The molecule has 2 fully saturated rings. The quantitative estimate of drug-likeness (QED) is 0.594. The first-order chi connectivity index (χ1) is 15.9. The van der Waals surface area contributed by atoms with Crippen LogP contribution in [0.5, 0.6) is 5.75 Å². The Kier molecular flexibility index (Phi) is 7.90. The summed E-state index contributed by atoms with van der Waals surface area (Å²) in [6, 6.07) is 14.7. The van der Waals surface area contributed by atoms with Gasteiger partial charge in [0.25, 0.3) is 5.91 Å². The van der Waals surface area contributed by atoms with Crippen molar-refractivity contribution in [3.8, 4) is 5.75 Å². The number of piperidine rings is 1. The molecule has 2 heterocycles. The summed E-state index contributed by atoms with van der Waals surface area (Å²) in [5, 5.41) is 0.188. The number of carbonyl (C=O) groups is 1. The van der Waals surface area contributed by atoms with Crippen LogP contribution in [0.3, 0.4) is 0 Å². The van der Waals surface area contributed by atoms with E-state index in [0.29, 0.717) is 31.9 Å². The monoisotopic (exact) mass is 491 g/mol. The summed E-state index contributed by atoms with van der Waals surface area (Å²) in [5.41, 5.74) is 1.26. The number of rotatable bonds is 7. The van der Waals surface area contributed by atoms with Gasteiger partial charge in [0.15, 0.2) is 6.61 Å². The minimum atomic E-state index is -3.56. The van der Waals surface area contributed by atoms with E-state index in [2.05, 4.69) is 17.0 Å². The van der Waals surface area contributed by atoms with Crippen molar-refractivity contribution in [2.24, 2.45) is 0 Å². The molecule has 0 bridgehead atoms. The van der Waals surface area contributed by atoms with Crippen LogP contribution in [-0.2, 0) is 21.4 Å². The van der Waals surface area contributed by atoms with E-state index >= 15 is 0 Å². The summed E-state index contributed by atoms with van der Waals surface area (Å²) in [6.45, 7) is 4.73. The number of benzene rings is 2. The molecule has 9 heteroatoms. The second-order valence-corrected chi connectivity index (χ2v) is 10.8. The molecule has 4 rings (SSSR count). The van der Waals surface area contributed by atoms with Crippen molar-refractivity contribution in [2.75, 3.05) is 45.9 Å². The van der Waals surface area contributed by atoms with Crippen molar-refractivity contribution in [2.45, 2.75) is 30.7 Å². The van der Waals surface area contributed by atoms with Crippen LogP contribution in [0.2, 0.25) is 5.02 Å². The summed E-state index contributed by atoms with van der Waals surface area (Å²) in [4.78, 5) is 16.9. The van der Waals surface area contributed by atoms with Crippen LogP contribution < -0.4 is 4.74 Å². The van der Waals surface area contributed by atoms with Gasteiger partial charge in [-0.25, -0.2) is 8.42 Å². The van der Waals surface area contributed by atoms with E-state index in [0.717, 1.165) is 38.9 Å². The maximum Gasteiger partial charge on any atom is 0.260 e. The molecule has 2 aromatic rings. The number of amides is 1. The lowest BCUT2D eigenvalue weighted by Gasteiger charge is -2.34. The number of hydrogen-bond donors (Lipinski definition) is 0. The third kappa shape index (κ3) is 6.06. The van der Waals surface area contributed by atoms with Gasteiger partial charge in [0.2, 0.25) is 10.0 Å². The molecule has 2 saturated heterocycles. The van der Waals surface area contributed by atoms with Crippen LogP contribution in [0.1, 0.15) is 24.8 Å². The first-order valence-corrected chi connectivity index (χ1v) is 13.2. The van der Waals surface area contributed by atoms with E-state index in [9.17, 15) is 13.2 Å². The molecule has 0 spiro atoms. The van der Waals surface area contributed by atoms with Gasteiger partial charge in [-0.05, 0) is 36.6 Å². The first kappa shape index (κ1) is 24.0. The second-order valence-electron chi connectivity index (χ2n) is 8.49. The lowest BCUT2D eigenvalue weighted by molar-refractivity contribution is -0.135. The molecule has 0 radical (unpaired) electrons. The molecule has 2 aliphatic heterocycles. The maximum atomic E-state index is 12.8. The SMILES string of the molecule is O=C(COc1ccc(S(=O)(=O)N2CCCCC2)cc1Cl)N1CCN(Cc2ccccc2)CC1. The molecule has 0 aromatic heterocycles. The molecule has 0 atom stereocenters. The smallest absolute Gasteiger partial charge is 0.260 e. The number of ether oxygens (including phenoxy) is 1. The van der Waals surface area contributed by atoms with Crippen LogP contribution in [0.25, 0.3) is 0 Å². The predicted molar refractivity (Wildman–Crippen MR) is 128 cm³/mol. The second kappa shape index (κ2) is 10.9. The summed E-state index contributed by atoms with van der Waals surface area (Å²) < 4.78 is 32.8. The maximum absolute atomic E-state index is 12.8. The van der Waals surface area contributed by atoms with Crippen LogP contribution in [0.4, 0.5) is 0 Å². The van der Waals surface area contributed by atoms with Gasteiger partial charge in [-0.2, -0.15) is 4.31 Å². The van der Waals surface area contributed by atoms with E-state index in [1.165, 1.54) is 28.1 Å². The van der Waals surface area contributed by atoms with Gasteiger partial charge in [-0.15, -0.1) is 0 Å². The molecule has 7 nitrogen and oxygen atoms in total. The van der Waals surface area contributed by atoms with Gasteiger partial charge in [-0.3, -0.25) is 9.69 Å². The number of nitrogens with zero attached hydrogens (tertiary/aromatic N) is 3. The van der Waals surface area contributed by atoms with E-state index in [1.54, 1.807) is 4.90 Å². The average Bonchev–Trinajstić information content (AvgIpc) is 2.84. The van der Waals surface area contributed by atoms with Crippen molar-refractivity contribution in [3.05, 3.63) is 59.1 Å². The fraction of sp³-hybridized carbons (Fsp3) is 0.458. The minimum absolute atomic E-state index is 0.101. The summed E-state index contributed by atoms with van der Waals surface area (Å²) in [5.74, 6) is 0.209. The largest absolute Gasteiger partial charge is 0.482 e. The van der Waals surface area contributed by atoms with Crippen molar-refractivity contribution in [3.63, 3.8) is 0 Å². The Morgan fingerprint density at radius 3 is 2.27 bits per heavy atom. The van der Waals surface area contributed by atoms with Gasteiger partial charge in [0.05, 0.1) is 9.92 Å². The Morgan fingerprint density at radius 1 is 0.909 bits per heavy atom. The van der Waals surface area contributed by atoms with Gasteiger partial charge < -0.3 is 9.64 Å². The highest BCUT2D eigenvalue weighted by Crippen LogP contribution is 2.29. The van der Waals surface area contributed by atoms with E-state index in [1.807, 2.05) is 18.2 Å². The Labute approximate surface area is 200 Å². The molecule has 0 saturated carbocycles. The van der Waals surface area contributed by atoms with Crippen molar-refractivity contribution in [1.29, 1.82) is 0 Å². The molecule has 2 aliphatic rings. The average molecular weight is 492 g/mol. The van der Waals surface area contributed by atoms with Crippen LogP contribution >= 0.6 is 11.6 Å². The number of hydrogen-bond acceptors (Lipinski definition) is 5. The number of piperazine rings is 1. The Hall–Kier alpha value is -2.13. The molecule has 2 aromatic carbocycles. The van der Waals surface area contributed by atoms with Crippen molar-refractivity contribution in [1.82, 2.24) is 14.1 Å². The fourth-order valence-corrected chi connectivity index (χ4v) is 6.08.